The van der Waals surface area contributed by atoms with Gasteiger partial charge in [0, 0.05) is 19.0 Å². The number of benzene rings is 1. The number of hydrogen-bond donors (Lipinski definition) is 2. The molecule has 1 aromatic carbocycles. The van der Waals surface area contributed by atoms with Crippen molar-refractivity contribution in [2.45, 2.75) is 45.1 Å². The fraction of sp³-hybridized carbons (Fsp3) is 0.533. The topological polar surface area (TPSA) is 55.1 Å². The molecule has 1 amide bonds. The molecular weight excluding hydrogens is 224 g/mol. The van der Waals surface area contributed by atoms with Crippen LogP contribution in [0.15, 0.2) is 30.3 Å². The van der Waals surface area contributed by atoms with E-state index in [-0.39, 0.29) is 11.9 Å². The predicted octanol–water partition coefficient (Wildman–Crippen LogP) is 2.42. The van der Waals surface area contributed by atoms with Crippen LogP contribution in [-0.2, 0) is 4.79 Å². The Morgan fingerprint density at radius 2 is 1.89 bits per heavy atom. The maximum Gasteiger partial charge on any atom is 0.220 e. The highest BCUT2D eigenvalue weighted by molar-refractivity contribution is 5.75. The molecule has 1 aromatic rings. The summed E-state index contributed by atoms with van der Waals surface area (Å²) in [5, 5.41) is 2.94. The second-order valence-corrected chi connectivity index (χ2v) is 4.97. The summed E-state index contributed by atoms with van der Waals surface area (Å²) in [6.45, 7) is 4.84. The standard InChI is InChI=1S/C15H24N2O/c1-12(14-6-4-3-5-7-14)10-11-17-15(18)9-8-13(2)16/h3-7,12-13H,8-11,16H2,1-2H3,(H,17,18). The Morgan fingerprint density at radius 1 is 1.22 bits per heavy atom. The zero-order chi connectivity index (χ0) is 13.4. The predicted molar refractivity (Wildman–Crippen MR) is 75.4 cm³/mol. The highest BCUT2D eigenvalue weighted by Crippen LogP contribution is 2.17. The summed E-state index contributed by atoms with van der Waals surface area (Å²) in [4.78, 5) is 11.5. The highest BCUT2D eigenvalue weighted by atomic mass is 16.1. The van der Waals surface area contributed by atoms with Gasteiger partial charge >= 0.3 is 0 Å². The molecule has 2 atom stereocenters. The van der Waals surface area contributed by atoms with Crippen LogP contribution < -0.4 is 11.1 Å². The van der Waals surface area contributed by atoms with Crippen LogP contribution in [0.1, 0.15) is 44.6 Å². The average Bonchev–Trinajstić information content (AvgIpc) is 2.37. The lowest BCUT2D eigenvalue weighted by atomic mass is 9.98. The molecule has 0 saturated carbocycles. The monoisotopic (exact) mass is 248 g/mol. The first-order chi connectivity index (χ1) is 8.59. The van der Waals surface area contributed by atoms with E-state index in [1.807, 2.05) is 25.1 Å². The van der Waals surface area contributed by atoms with E-state index in [2.05, 4.69) is 24.4 Å². The molecule has 0 bridgehead atoms. The van der Waals surface area contributed by atoms with E-state index in [0.29, 0.717) is 12.3 Å². The third-order valence-corrected chi connectivity index (χ3v) is 3.09. The lowest BCUT2D eigenvalue weighted by Gasteiger charge is -2.12. The molecule has 0 saturated heterocycles. The van der Waals surface area contributed by atoms with Crippen molar-refractivity contribution in [2.24, 2.45) is 5.73 Å². The normalized spacial score (nSPS) is 13.9. The van der Waals surface area contributed by atoms with Crippen molar-refractivity contribution >= 4 is 5.91 Å². The maximum atomic E-state index is 11.5. The summed E-state index contributed by atoms with van der Waals surface area (Å²) >= 11 is 0. The van der Waals surface area contributed by atoms with Gasteiger partial charge in [0.25, 0.3) is 0 Å². The molecule has 3 N–H and O–H groups in total. The second kappa shape index (κ2) is 7.88. The number of carbonyl (C=O) groups is 1. The van der Waals surface area contributed by atoms with Crippen LogP contribution >= 0.6 is 0 Å². The molecule has 0 aliphatic rings. The van der Waals surface area contributed by atoms with Crippen molar-refractivity contribution < 1.29 is 4.79 Å². The van der Waals surface area contributed by atoms with Crippen molar-refractivity contribution in [1.29, 1.82) is 0 Å². The van der Waals surface area contributed by atoms with Crippen molar-refractivity contribution in [2.75, 3.05) is 6.54 Å². The number of nitrogens with two attached hydrogens (primary N) is 1. The first kappa shape index (κ1) is 14.7. The summed E-state index contributed by atoms with van der Waals surface area (Å²) in [7, 11) is 0. The molecule has 0 fully saturated rings. The summed E-state index contributed by atoms with van der Waals surface area (Å²) in [5.74, 6) is 0.576. The molecule has 0 aromatic heterocycles. The van der Waals surface area contributed by atoms with Crippen molar-refractivity contribution in [1.82, 2.24) is 5.32 Å². The Hall–Kier alpha value is -1.35. The van der Waals surface area contributed by atoms with Crippen LogP contribution in [0.25, 0.3) is 0 Å². The summed E-state index contributed by atoms with van der Waals surface area (Å²) in [6, 6.07) is 10.5. The molecule has 0 heterocycles. The van der Waals surface area contributed by atoms with Gasteiger partial charge in [-0.05, 0) is 31.2 Å². The fourth-order valence-electron chi connectivity index (χ4n) is 1.82. The Labute approximate surface area is 110 Å². The number of rotatable bonds is 7. The molecule has 3 nitrogen and oxygen atoms in total. The van der Waals surface area contributed by atoms with Crippen LogP contribution in [-0.4, -0.2) is 18.5 Å². The number of carbonyl (C=O) groups excluding carboxylic acids is 1. The van der Waals surface area contributed by atoms with Crippen LogP contribution in [0.5, 0.6) is 0 Å². The molecule has 0 aliphatic carbocycles. The zero-order valence-electron chi connectivity index (χ0n) is 11.4. The van der Waals surface area contributed by atoms with E-state index in [1.54, 1.807) is 0 Å². The lowest BCUT2D eigenvalue weighted by molar-refractivity contribution is -0.121. The molecule has 18 heavy (non-hydrogen) atoms. The molecule has 0 aliphatic heterocycles. The van der Waals surface area contributed by atoms with Crippen molar-refractivity contribution in [3.8, 4) is 0 Å². The van der Waals surface area contributed by atoms with E-state index in [0.717, 1.165) is 19.4 Å². The third kappa shape index (κ3) is 5.82. The van der Waals surface area contributed by atoms with Gasteiger partial charge in [0.05, 0.1) is 0 Å². The molecule has 1 rings (SSSR count). The number of nitrogens with one attached hydrogen (secondary N) is 1. The highest BCUT2D eigenvalue weighted by Gasteiger charge is 2.06. The molecule has 0 radical (unpaired) electrons. The first-order valence-corrected chi connectivity index (χ1v) is 6.67. The van der Waals surface area contributed by atoms with E-state index >= 15 is 0 Å². The third-order valence-electron chi connectivity index (χ3n) is 3.09. The first-order valence-electron chi connectivity index (χ1n) is 6.67. The number of hydrogen-bond acceptors (Lipinski definition) is 2. The van der Waals surface area contributed by atoms with Crippen LogP contribution in [0.4, 0.5) is 0 Å². The average molecular weight is 248 g/mol. The van der Waals surface area contributed by atoms with Crippen molar-refractivity contribution in [3.05, 3.63) is 35.9 Å². The minimum absolute atomic E-state index is 0.0963. The molecular formula is C15H24N2O. The van der Waals surface area contributed by atoms with Gasteiger partial charge in [-0.25, -0.2) is 0 Å². The van der Waals surface area contributed by atoms with Crippen molar-refractivity contribution in [3.63, 3.8) is 0 Å². The Kier molecular flexibility index (Phi) is 6.44. The minimum atomic E-state index is 0.0963. The molecule has 100 valence electrons. The van der Waals surface area contributed by atoms with E-state index < -0.39 is 0 Å². The van der Waals surface area contributed by atoms with Gasteiger partial charge in [-0.15, -0.1) is 0 Å². The van der Waals surface area contributed by atoms with Gasteiger partial charge < -0.3 is 11.1 Å². The van der Waals surface area contributed by atoms with Gasteiger partial charge in [0.2, 0.25) is 5.91 Å². The maximum absolute atomic E-state index is 11.5. The van der Waals surface area contributed by atoms with Crippen LogP contribution in [0, 0.1) is 0 Å². The quantitative estimate of drug-likeness (QED) is 0.778. The Morgan fingerprint density at radius 3 is 2.50 bits per heavy atom. The summed E-state index contributed by atoms with van der Waals surface area (Å²) in [6.07, 6.45) is 2.24. The molecule has 3 heteroatoms. The summed E-state index contributed by atoms with van der Waals surface area (Å²) in [5.41, 5.74) is 6.94. The minimum Gasteiger partial charge on any atom is -0.356 e. The smallest absolute Gasteiger partial charge is 0.220 e. The SMILES string of the molecule is CC(N)CCC(=O)NCCC(C)c1ccccc1. The van der Waals surface area contributed by atoms with Crippen LogP contribution in [0.2, 0.25) is 0 Å². The zero-order valence-corrected chi connectivity index (χ0v) is 11.4. The molecule has 2 unspecified atom stereocenters. The van der Waals surface area contributed by atoms with Gasteiger partial charge in [-0.1, -0.05) is 37.3 Å². The largest absolute Gasteiger partial charge is 0.356 e. The molecule has 0 spiro atoms. The summed E-state index contributed by atoms with van der Waals surface area (Å²) < 4.78 is 0. The van der Waals surface area contributed by atoms with Gasteiger partial charge in [0.1, 0.15) is 0 Å². The van der Waals surface area contributed by atoms with E-state index in [4.69, 9.17) is 5.73 Å². The lowest BCUT2D eigenvalue weighted by Crippen LogP contribution is -2.27. The Balaban J connectivity index is 2.19. The Bertz CT molecular complexity index is 349. The fourth-order valence-corrected chi connectivity index (χ4v) is 1.82. The van der Waals surface area contributed by atoms with Gasteiger partial charge in [-0.2, -0.15) is 0 Å². The van der Waals surface area contributed by atoms with Crippen LogP contribution in [0.3, 0.4) is 0 Å². The van der Waals surface area contributed by atoms with Gasteiger partial charge in [-0.3, -0.25) is 4.79 Å². The number of amides is 1. The van der Waals surface area contributed by atoms with E-state index in [9.17, 15) is 4.79 Å². The van der Waals surface area contributed by atoms with Gasteiger partial charge in [0.15, 0.2) is 0 Å². The second-order valence-electron chi connectivity index (χ2n) is 4.97. The van der Waals surface area contributed by atoms with E-state index in [1.165, 1.54) is 5.56 Å².